The molecule has 3 heterocycles. The molecule has 168 valence electrons. The number of alkyl halides is 3. The van der Waals surface area contributed by atoms with E-state index in [4.69, 9.17) is 0 Å². The number of nitrogens with zero attached hydrogens (tertiary/aromatic N) is 4. The molecule has 0 unspecified atom stereocenters. The van der Waals surface area contributed by atoms with Crippen molar-refractivity contribution in [3.05, 3.63) is 41.3 Å². The molecule has 32 heavy (non-hydrogen) atoms. The summed E-state index contributed by atoms with van der Waals surface area (Å²) in [4.78, 5) is 29.8. The van der Waals surface area contributed by atoms with Crippen molar-refractivity contribution >= 4 is 16.9 Å². The van der Waals surface area contributed by atoms with Crippen LogP contribution >= 0.6 is 0 Å². The number of benzene rings is 1. The van der Waals surface area contributed by atoms with Crippen LogP contribution in [-0.2, 0) is 16.6 Å². The average molecular weight is 443 g/mol. The lowest BCUT2D eigenvalue weighted by molar-refractivity contribution is -0.195. The minimum Gasteiger partial charge on any atom is -0.337 e. The van der Waals surface area contributed by atoms with Crippen LogP contribution in [0.4, 0.5) is 13.2 Å². The minimum atomic E-state index is -4.87. The van der Waals surface area contributed by atoms with E-state index in [1.54, 1.807) is 12.4 Å². The Morgan fingerprint density at radius 3 is 2.59 bits per heavy atom. The standard InChI is InChI=1S/C23H24F3N5O/c1-12-10-28-17(11-27-12)19-29-15-7-13-8-18-21(2,3)22(4,14(13)9-16(15)30-19)5-6-31(18)20(32)23(24,25)26/h7,9-11,18H,5-6,8H2,1-4H3,(H,29,30)/t18-,22+/m1/s1. The predicted molar refractivity (Wildman–Crippen MR) is 113 cm³/mol. The molecule has 1 aliphatic heterocycles. The number of amides is 1. The fourth-order valence-electron chi connectivity index (χ4n) is 5.46. The molecule has 9 heteroatoms. The number of aromatic nitrogens is 4. The fraction of sp³-hybridized carbons (Fsp3) is 0.478. The van der Waals surface area contributed by atoms with Gasteiger partial charge in [-0.15, -0.1) is 0 Å². The smallest absolute Gasteiger partial charge is 0.337 e. The number of hydrogen-bond acceptors (Lipinski definition) is 4. The SMILES string of the molecule is Cc1cnc(-c2nc3cc4c(cc3[nH]2)[C@]2(C)CCN(C(=O)C(F)(F)F)[C@H](C4)C2(C)C)cn1. The van der Waals surface area contributed by atoms with E-state index in [2.05, 4.69) is 32.9 Å². The van der Waals surface area contributed by atoms with E-state index in [0.717, 1.165) is 32.8 Å². The molecule has 0 radical (unpaired) electrons. The second-order valence-electron chi connectivity index (χ2n) is 9.67. The lowest BCUT2D eigenvalue weighted by Crippen LogP contribution is -2.66. The van der Waals surface area contributed by atoms with Crippen molar-refractivity contribution < 1.29 is 18.0 Å². The van der Waals surface area contributed by atoms with E-state index in [9.17, 15) is 18.0 Å². The first kappa shape index (κ1) is 20.9. The number of aryl methyl sites for hydroxylation is 1. The van der Waals surface area contributed by atoms with Crippen molar-refractivity contribution in [1.82, 2.24) is 24.8 Å². The zero-order chi connectivity index (χ0) is 23.1. The highest BCUT2D eigenvalue weighted by Gasteiger charge is 2.59. The third kappa shape index (κ3) is 2.86. The Kier molecular flexibility index (Phi) is 4.26. The molecule has 1 amide bonds. The molecule has 5 rings (SSSR count). The number of nitrogens with one attached hydrogen (secondary N) is 1. The molecule has 2 atom stereocenters. The summed E-state index contributed by atoms with van der Waals surface area (Å²) < 4.78 is 39.8. The van der Waals surface area contributed by atoms with Crippen LogP contribution in [0, 0.1) is 12.3 Å². The molecular weight excluding hydrogens is 419 g/mol. The molecule has 1 aromatic carbocycles. The van der Waals surface area contributed by atoms with Gasteiger partial charge in [0.05, 0.1) is 22.9 Å². The van der Waals surface area contributed by atoms with Gasteiger partial charge in [-0.05, 0) is 48.4 Å². The van der Waals surface area contributed by atoms with Crippen molar-refractivity contribution in [3.8, 4) is 11.5 Å². The van der Waals surface area contributed by atoms with Crippen molar-refractivity contribution in [2.45, 2.75) is 58.2 Å². The Morgan fingerprint density at radius 1 is 1.19 bits per heavy atom. The highest BCUT2D eigenvalue weighted by molar-refractivity contribution is 5.84. The lowest BCUT2D eigenvalue weighted by Gasteiger charge is -2.60. The van der Waals surface area contributed by atoms with Gasteiger partial charge in [0.25, 0.3) is 0 Å². The number of carbonyl (C=O) groups excluding carboxylic acids is 1. The number of likely N-dealkylation sites (tertiary alicyclic amines) is 1. The van der Waals surface area contributed by atoms with Crippen LogP contribution in [0.15, 0.2) is 24.5 Å². The summed E-state index contributed by atoms with van der Waals surface area (Å²) in [5.41, 5.74) is 4.14. The highest BCUT2D eigenvalue weighted by atomic mass is 19.4. The Bertz CT molecular complexity index is 1230. The van der Waals surface area contributed by atoms with E-state index >= 15 is 0 Å². The number of hydrogen-bond donors (Lipinski definition) is 1. The molecule has 3 aromatic rings. The average Bonchev–Trinajstić information content (AvgIpc) is 3.12. The van der Waals surface area contributed by atoms with Crippen LogP contribution in [0.25, 0.3) is 22.6 Å². The van der Waals surface area contributed by atoms with E-state index in [1.807, 2.05) is 26.8 Å². The zero-order valence-electron chi connectivity index (χ0n) is 18.3. The van der Waals surface area contributed by atoms with Gasteiger partial charge in [-0.1, -0.05) is 20.8 Å². The van der Waals surface area contributed by atoms with Crippen molar-refractivity contribution in [2.75, 3.05) is 6.54 Å². The lowest BCUT2D eigenvalue weighted by atomic mass is 9.51. The van der Waals surface area contributed by atoms with Gasteiger partial charge in [0.15, 0.2) is 5.82 Å². The van der Waals surface area contributed by atoms with Crippen LogP contribution in [0.2, 0.25) is 0 Å². The summed E-state index contributed by atoms with van der Waals surface area (Å²) in [6.07, 6.45) is -0.721. The quantitative estimate of drug-likeness (QED) is 0.608. The van der Waals surface area contributed by atoms with Crippen LogP contribution in [-0.4, -0.2) is 49.5 Å². The first-order valence-corrected chi connectivity index (χ1v) is 10.6. The monoisotopic (exact) mass is 443 g/mol. The Morgan fingerprint density at radius 2 is 1.94 bits per heavy atom. The van der Waals surface area contributed by atoms with Crippen LogP contribution < -0.4 is 0 Å². The molecule has 1 aliphatic carbocycles. The first-order chi connectivity index (χ1) is 14.9. The molecule has 1 saturated heterocycles. The molecule has 1 N–H and O–H groups in total. The predicted octanol–water partition coefficient (Wildman–Crippen LogP) is 4.33. The zero-order valence-corrected chi connectivity index (χ0v) is 18.3. The maximum atomic E-state index is 13.3. The molecular formula is C23H24F3N5O. The van der Waals surface area contributed by atoms with Crippen LogP contribution in [0.5, 0.6) is 0 Å². The van der Waals surface area contributed by atoms with Crippen LogP contribution in [0.3, 0.4) is 0 Å². The molecule has 0 saturated carbocycles. The van der Waals surface area contributed by atoms with Crippen LogP contribution in [0.1, 0.15) is 44.0 Å². The van der Waals surface area contributed by atoms with Gasteiger partial charge in [-0.2, -0.15) is 13.2 Å². The number of imidazole rings is 1. The Hall–Kier alpha value is -2.97. The largest absolute Gasteiger partial charge is 0.471 e. The number of fused-ring (bicyclic) bond motifs is 5. The van der Waals surface area contributed by atoms with E-state index < -0.39 is 23.5 Å². The van der Waals surface area contributed by atoms with Gasteiger partial charge in [-0.25, -0.2) is 9.97 Å². The summed E-state index contributed by atoms with van der Waals surface area (Å²) in [6.45, 7) is 7.99. The molecule has 2 bridgehead atoms. The maximum absolute atomic E-state index is 13.3. The second-order valence-corrected chi connectivity index (χ2v) is 9.67. The number of piperidine rings is 1. The van der Waals surface area contributed by atoms with E-state index in [-0.39, 0.29) is 12.0 Å². The summed E-state index contributed by atoms with van der Waals surface area (Å²) in [5, 5.41) is 0. The van der Waals surface area contributed by atoms with Crippen molar-refractivity contribution in [1.29, 1.82) is 0 Å². The third-order valence-electron chi connectivity index (χ3n) is 7.73. The summed E-state index contributed by atoms with van der Waals surface area (Å²) in [5.74, 6) is -1.15. The van der Waals surface area contributed by atoms with Gasteiger partial charge in [0.1, 0.15) is 5.69 Å². The topological polar surface area (TPSA) is 74.8 Å². The maximum Gasteiger partial charge on any atom is 0.471 e. The van der Waals surface area contributed by atoms with E-state index in [0.29, 0.717) is 24.4 Å². The van der Waals surface area contributed by atoms with Gasteiger partial charge in [0.2, 0.25) is 0 Å². The Labute approximate surface area is 183 Å². The molecule has 2 aromatic heterocycles. The second kappa shape index (κ2) is 6.52. The number of H-pyrrole nitrogens is 1. The third-order valence-corrected chi connectivity index (χ3v) is 7.73. The van der Waals surface area contributed by atoms with Gasteiger partial charge < -0.3 is 9.88 Å². The molecule has 2 aliphatic rings. The summed E-state index contributed by atoms with van der Waals surface area (Å²) >= 11 is 0. The van der Waals surface area contributed by atoms with E-state index in [1.165, 1.54) is 0 Å². The summed E-state index contributed by atoms with van der Waals surface area (Å²) in [6, 6.07) is 3.47. The summed E-state index contributed by atoms with van der Waals surface area (Å²) in [7, 11) is 0. The highest BCUT2D eigenvalue weighted by Crippen LogP contribution is 2.56. The molecule has 6 nitrogen and oxygen atoms in total. The number of aromatic amines is 1. The normalized spacial score (nSPS) is 24.5. The Balaban J connectivity index is 1.62. The van der Waals surface area contributed by atoms with Gasteiger partial charge in [-0.3, -0.25) is 9.78 Å². The molecule has 1 fully saturated rings. The fourth-order valence-corrected chi connectivity index (χ4v) is 5.46. The number of rotatable bonds is 1. The minimum absolute atomic E-state index is 0.0909. The first-order valence-electron chi connectivity index (χ1n) is 10.6. The van der Waals surface area contributed by atoms with Gasteiger partial charge >= 0.3 is 12.1 Å². The van der Waals surface area contributed by atoms with Crippen molar-refractivity contribution in [3.63, 3.8) is 0 Å². The van der Waals surface area contributed by atoms with Gasteiger partial charge in [0, 0.05) is 24.2 Å². The molecule has 0 spiro atoms. The van der Waals surface area contributed by atoms with Crippen molar-refractivity contribution in [2.24, 2.45) is 5.41 Å². The number of halogens is 3. The number of carbonyl (C=O) groups is 1.